The van der Waals surface area contributed by atoms with Crippen LogP contribution < -0.4 is 0 Å². The van der Waals surface area contributed by atoms with Crippen LogP contribution in [0.1, 0.15) is 33.4 Å². The van der Waals surface area contributed by atoms with Crippen molar-refractivity contribution in [2.45, 2.75) is 5.41 Å². The van der Waals surface area contributed by atoms with Crippen LogP contribution in [0.2, 0.25) is 0 Å². The van der Waals surface area contributed by atoms with Gasteiger partial charge in [0.15, 0.2) is 0 Å². The van der Waals surface area contributed by atoms with Gasteiger partial charge in [-0.25, -0.2) is 0 Å². The quantitative estimate of drug-likeness (QED) is 0.105. The van der Waals surface area contributed by atoms with Crippen LogP contribution in [0.15, 0.2) is 267 Å². The van der Waals surface area contributed by atoms with Gasteiger partial charge in [-0.15, -0.1) is 0 Å². The van der Waals surface area contributed by atoms with Crippen LogP contribution in [0, 0.1) is 0 Å². The second kappa shape index (κ2) is 16.8. The number of rotatable bonds is 8. The molecular weight excluding hydrogens is 829 g/mol. The van der Waals surface area contributed by atoms with E-state index in [0.29, 0.717) is 0 Å². The molecule has 0 heteroatoms. The molecule has 0 aromatic heterocycles. The lowest BCUT2D eigenvalue weighted by Crippen LogP contribution is -2.28. The summed E-state index contributed by atoms with van der Waals surface area (Å²) in [5, 5.41) is 7.52. The number of fused-ring (bicyclic) bond motifs is 6. The zero-order valence-electron chi connectivity index (χ0n) is 38.1. The Balaban J connectivity index is 0.836. The van der Waals surface area contributed by atoms with E-state index >= 15 is 0 Å². The minimum atomic E-state index is -0.406. The zero-order valence-corrected chi connectivity index (χ0v) is 38.1. The van der Waals surface area contributed by atoms with E-state index in [0.717, 1.165) is 0 Å². The predicted octanol–water partition coefficient (Wildman–Crippen LogP) is 18.3. The average molecular weight is 875 g/mol. The molecule has 0 spiro atoms. The Bertz CT molecular complexity index is 3790. The summed E-state index contributed by atoms with van der Waals surface area (Å²) < 4.78 is 0. The lowest BCUT2D eigenvalue weighted by atomic mass is 9.67. The summed E-state index contributed by atoms with van der Waals surface area (Å²) in [6, 6.07) is 98.3. The molecule has 12 aromatic rings. The Morgan fingerprint density at radius 2 is 0.638 bits per heavy atom. The van der Waals surface area contributed by atoms with E-state index in [-0.39, 0.29) is 0 Å². The van der Waals surface area contributed by atoms with Crippen molar-refractivity contribution >= 4 is 44.5 Å². The fraction of sp³-hybridized carbons (Fsp3) is 0.0145. The highest BCUT2D eigenvalue weighted by Crippen LogP contribution is 2.56. The molecule has 1 aliphatic rings. The van der Waals surface area contributed by atoms with E-state index in [9.17, 15) is 0 Å². The molecule has 0 bridgehead atoms. The molecule has 0 aliphatic heterocycles. The van der Waals surface area contributed by atoms with Gasteiger partial charge in [-0.3, -0.25) is 0 Å². The fourth-order valence-electron chi connectivity index (χ4n) is 11.5. The van der Waals surface area contributed by atoms with Gasteiger partial charge >= 0.3 is 0 Å². The molecule has 0 radical (unpaired) electrons. The van der Waals surface area contributed by atoms with Crippen LogP contribution in [-0.2, 0) is 5.41 Å². The van der Waals surface area contributed by atoms with Crippen molar-refractivity contribution < 1.29 is 0 Å². The largest absolute Gasteiger partial charge is 0.0713 e. The lowest BCUT2D eigenvalue weighted by Gasteiger charge is -2.34. The molecule has 0 fully saturated rings. The molecule has 0 saturated carbocycles. The molecule has 0 unspecified atom stereocenters. The second-order valence-corrected chi connectivity index (χ2v) is 18.3. The minimum Gasteiger partial charge on any atom is -0.0622 e. The van der Waals surface area contributed by atoms with E-state index in [1.807, 2.05) is 0 Å². The highest BCUT2D eigenvalue weighted by molar-refractivity contribution is 6.21. The number of benzene rings is 12. The zero-order chi connectivity index (χ0) is 45.7. The van der Waals surface area contributed by atoms with Crippen molar-refractivity contribution in [2.24, 2.45) is 0 Å². The van der Waals surface area contributed by atoms with Crippen LogP contribution in [0.4, 0.5) is 0 Å². The van der Waals surface area contributed by atoms with E-state index in [1.54, 1.807) is 0 Å². The van der Waals surface area contributed by atoms with E-state index in [4.69, 9.17) is 0 Å². The van der Waals surface area contributed by atoms with Crippen molar-refractivity contribution in [1.29, 1.82) is 0 Å². The normalized spacial score (nSPS) is 12.7. The van der Waals surface area contributed by atoms with Crippen LogP contribution in [0.25, 0.3) is 100 Å². The maximum Gasteiger partial charge on any atom is 0.0713 e. The van der Waals surface area contributed by atoms with E-state index in [1.165, 1.54) is 121 Å². The van der Waals surface area contributed by atoms with Gasteiger partial charge in [0.05, 0.1) is 5.41 Å². The Hall–Kier alpha value is -8.84. The van der Waals surface area contributed by atoms with Gasteiger partial charge in [0, 0.05) is 0 Å². The van der Waals surface area contributed by atoms with Crippen LogP contribution >= 0.6 is 0 Å². The molecule has 322 valence electrons. The molecule has 0 atom stereocenters. The summed E-state index contributed by atoms with van der Waals surface area (Å²) in [6.07, 6.45) is 4.49. The maximum atomic E-state index is 2.35. The lowest BCUT2D eigenvalue weighted by molar-refractivity contribution is 0.768. The van der Waals surface area contributed by atoms with Gasteiger partial charge in [-0.2, -0.15) is 0 Å². The van der Waals surface area contributed by atoms with Gasteiger partial charge in [0.2, 0.25) is 0 Å². The van der Waals surface area contributed by atoms with Crippen molar-refractivity contribution in [3.8, 4) is 55.6 Å². The smallest absolute Gasteiger partial charge is 0.0622 e. The third kappa shape index (κ3) is 6.68. The first kappa shape index (κ1) is 40.4. The number of hydrogen-bond donors (Lipinski definition) is 0. The molecule has 69 heavy (non-hydrogen) atoms. The minimum absolute atomic E-state index is 0.406. The topological polar surface area (TPSA) is 0 Å². The molecule has 13 rings (SSSR count). The first-order valence-electron chi connectivity index (χ1n) is 24.0. The standard InChI is InChI=1S/C69H46/c1-3-17-50(18-4-1)57-46-43-51(56-21-7-8-22-58(56)57)34-31-47-32-35-52(36-33-47)67-61-25-9-11-27-63(61)68(64-28-12-10-26-62(64)67)53-39-37-48(38-40-53)49-41-44-55(45-42-49)69(54-19-5-2-6-20-54)65-29-15-13-23-59(65)60-24-14-16-30-66(60)69/h1-46H. The van der Waals surface area contributed by atoms with Gasteiger partial charge in [-0.1, -0.05) is 279 Å². The van der Waals surface area contributed by atoms with Gasteiger partial charge in [0.25, 0.3) is 0 Å². The summed E-state index contributed by atoms with van der Waals surface area (Å²) in [6.45, 7) is 0. The Kier molecular flexibility index (Phi) is 9.84. The Morgan fingerprint density at radius 3 is 1.19 bits per heavy atom. The first-order valence-corrected chi connectivity index (χ1v) is 24.0. The third-order valence-corrected chi connectivity index (χ3v) is 14.6. The molecule has 0 N–H and O–H groups in total. The van der Waals surface area contributed by atoms with E-state index < -0.39 is 5.41 Å². The highest BCUT2D eigenvalue weighted by Gasteiger charge is 2.45. The maximum absolute atomic E-state index is 2.35. The predicted molar refractivity (Wildman–Crippen MR) is 293 cm³/mol. The summed E-state index contributed by atoms with van der Waals surface area (Å²) >= 11 is 0. The van der Waals surface area contributed by atoms with Crippen LogP contribution in [0.5, 0.6) is 0 Å². The molecule has 0 saturated heterocycles. The molecule has 1 aliphatic carbocycles. The SMILES string of the molecule is C(=Cc1ccc(-c2ccccc2)c2ccccc12)c1ccc(-c2c3ccccc3c(-c3ccc(-c4ccc(C5(c6ccccc6)c6ccccc6-c6ccccc65)cc4)cc3)c3ccccc23)cc1. The summed E-state index contributed by atoms with van der Waals surface area (Å²) in [5.74, 6) is 0. The summed E-state index contributed by atoms with van der Waals surface area (Å²) in [7, 11) is 0. The molecule has 0 nitrogen and oxygen atoms in total. The first-order chi connectivity index (χ1) is 34.2. The summed E-state index contributed by atoms with van der Waals surface area (Å²) in [5.41, 5.74) is 19.6. The number of hydrogen-bond acceptors (Lipinski definition) is 0. The Morgan fingerprint density at radius 1 is 0.232 bits per heavy atom. The molecule has 0 amide bonds. The van der Waals surface area contributed by atoms with Gasteiger partial charge in [0.1, 0.15) is 0 Å². The van der Waals surface area contributed by atoms with Crippen molar-refractivity contribution in [1.82, 2.24) is 0 Å². The Labute approximate surface area is 403 Å². The van der Waals surface area contributed by atoms with E-state index in [2.05, 4.69) is 279 Å². The van der Waals surface area contributed by atoms with Gasteiger partial charge < -0.3 is 0 Å². The third-order valence-electron chi connectivity index (χ3n) is 14.6. The second-order valence-electron chi connectivity index (χ2n) is 18.3. The van der Waals surface area contributed by atoms with Crippen molar-refractivity contribution in [3.63, 3.8) is 0 Å². The molecular formula is C69H46. The van der Waals surface area contributed by atoms with Crippen molar-refractivity contribution in [2.75, 3.05) is 0 Å². The fourth-order valence-corrected chi connectivity index (χ4v) is 11.5. The van der Waals surface area contributed by atoms with Gasteiger partial charge in [-0.05, 0) is 121 Å². The highest BCUT2D eigenvalue weighted by atomic mass is 14.5. The summed E-state index contributed by atoms with van der Waals surface area (Å²) in [4.78, 5) is 0. The molecule has 0 heterocycles. The van der Waals surface area contributed by atoms with Crippen LogP contribution in [0.3, 0.4) is 0 Å². The van der Waals surface area contributed by atoms with Crippen LogP contribution in [-0.4, -0.2) is 0 Å². The van der Waals surface area contributed by atoms with Crippen molar-refractivity contribution in [3.05, 3.63) is 300 Å². The molecule has 12 aromatic carbocycles. The monoisotopic (exact) mass is 874 g/mol. The average Bonchev–Trinajstić information content (AvgIpc) is 3.73.